The van der Waals surface area contributed by atoms with Gasteiger partial charge in [0.25, 0.3) is 5.91 Å². The van der Waals surface area contributed by atoms with E-state index in [0.29, 0.717) is 22.4 Å². The molecule has 0 spiro atoms. The minimum Gasteiger partial charge on any atom is -0.412 e. The minimum atomic E-state index is -0.397. The molecule has 0 fully saturated rings. The van der Waals surface area contributed by atoms with Crippen LogP contribution in [0.5, 0.6) is 0 Å². The van der Waals surface area contributed by atoms with Crippen LogP contribution in [0.4, 0.5) is 14.5 Å². The highest BCUT2D eigenvalue weighted by Crippen LogP contribution is 2.16. The number of anilines is 1. The Morgan fingerprint density at radius 3 is 2.30 bits per heavy atom. The average Bonchev–Trinajstić information content (AvgIpc) is 2.37. The van der Waals surface area contributed by atoms with E-state index < -0.39 is 5.91 Å². The maximum atomic E-state index is 13.3. The highest BCUT2D eigenvalue weighted by Gasteiger charge is 2.09. The summed E-state index contributed by atoms with van der Waals surface area (Å²) in [5.41, 5.74) is 1.60. The van der Waals surface area contributed by atoms with Gasteiger partial charge in [-0.2, -0.15) is 0 Å². The third kappa shape index (κ3) is 3.39. The zero-order valence-corrected chi connectivity index (χ0v) is 11.1. The molecule has 0 heterocycles. The van der Waals surface area contributed by atoms with Crippen molar-refractivity contribution in [2.24, 2.45) is 0 Å². The molecule has 2 rings (SSSR count). The van der Waals surface area contributed by atoms with E-state index in [1.165, 1.54) is 24.3 Å². The van der Waals surface area contributed by atoms with E-state index in [2.05, 4.69) is 5.32 Å². The van der Waals surface area contributed by atoms with Crippen molar-refractivity contribution in [1.82, 2.24) is 0 Å². The van der Waals surface area contributed by atoms with Crippen molar-refractivity contribution in [3.8, 4) is 0 Å². The minimum absolute atomic E-state index is 0. The molecule has 0 radical (unpaired) electrons. The molecule has 0 aliphatic rings. The highest BCUT2D eigenvalue weighted by molar-refractivity contribution is 6.04. The predicted molar refractivity (Wildman–Crippen MR) is 76.0 cm³/mol. The van der Waals surface area contributed by atoms with Gasteiger partial charge in [-0.05, 0) is 55.3 Å². The first-order valence-electron chi connectivity index (χ1n) is 5.81. The number of carbonyl (C=O) groups is 1. The molecule has 0 atom stereocenters. The molecular formula is C15H17F2NO2. The lowest BCUT2D eigenvalue weighted by atomic mass is 10.1. The van der Waals surface area contributed by atoms with Crippen LogP contribution in [0, 0.1) is 25.5 Å². The van der Waals surface area contributed by atoms with Crippen molar-refractivity contribution in [2.45, 2.75) is 13.8 Å². The lowest BCUT2D eigenvalue weighted by Gasteiger charge is -2.07. The normalized spacial score (nSPS) is 9.80. The topological polar surface area (TPSA) is 60.6 Å². The number of hydrogen-bond donors (Lipinski definition) is 1. The number of nitrogens with one attached hydrogen (secondary N) is 1. The molecule has 0 aliphatic heterocycles. The van der Waals surface area contributed by atoms with Gasteiger partial charge in [0.1, 0.15) is 11.6 Å². The zero-order valence-electron chi connectivity index (χ0n) is 11.1. The Balaban J connectivity index is 0.00000200. The Morgan fingerprint density at radius 1 is 1.00 bits per heavy atom. The lowest BCUT2D eigenvalue weighted by Crippen LogP contribution is -2.12. The van der Waals surface area contributed by atoms with Crippen LogP contribution in [0.2, 0.25) is 0 Å². The van der Waals surface area contributed by atoms with E-state index in [1.807, 2.05) is 0 Å². The van der Waals surface area contributed by atoms with Crippen LogP contribution in [0.1, 0.15) is 22.9 Å². The maximum absolute atomic E-state index is 13.3. The van der Waals surface area contributed by atoms with Gasteiger partial charge in [-0.1, -0.05) is 6.07 Å². The van der Waals surface area contributed by atoms with Gasteiger partial charge < -0.3 is 10.8 Å². The Kier molecular flexibility index (Phi) is 4.94. The molecule has 2 aromatic carbocycles. The van der Waals surface area contributed by atoms with E-state index in [0.717, 1.165) is 0 Å². The van der Waals surface area contributed by atoms with Crippen molar-refractivity contribution < 1.29 is 20.5 Å². The van der Waals surface area contributed by atoms with Gasteiger partial charge in [0.2, 0.25) is 0 Å². The molecule has 108 valence electrons. The monoisotopic (exact) mass is 281 g/mol. The highest BCUT2D eigenvalue weighted by atomic mass is 19.1. The summed E-state index contributed by atoms with van der Waals surface area (Å²) < 4.78 is 26.5. The first kappa shape index (κ1) is 15.8. The Labute approximate surface area is 117 Å². The first-order chi connectivity index (χ1) is 8.97. The summed E-state index contributed by atoms with van der Waals surface area (Å²) in [7, 11) is 0. The number of rotatable bonds is 2. The molecule has 0 saturated carbocycles. The summed E-state index contributed by atoms with van der Waals surface area (Å²) >= 11 is 0. The summed E-state index contributed by atoms with van der Waals surface area (Å²) in [5.74, 6) is -1.14. The van der Waals surface area contributed by atoms with Crippen molar-refractivity contribution in [3.05, 3.63) is 64.7 Å². The van der Waals surface area contributed by atoms with Gasteiger partial charge >= 0.3 is 0 Å². The Bertz CT molecular complexity index is 648. The third-order valence-corrected chi connectivity index (χ3v) is 2.85. The standard InChI is InChI=1S/C15H13F2NO.H2O.H2/c1-9-3-5-12(8-14(9)17)18-15(19)11-4-6-13(16)10(2)7-11;;/h3-8H,1-2H3,(H,18,19);1H2;1H. The van der Waals surface area contributed by atoms with E-state index in [1.54, 1.807) is 26.0 Å². The maximum Gasteiger partial charge on any atom is 0.255 e. The van der Waals surface area contributed by atoms with Crippen molar-refractivity contribution in [2.75, 3.05) is 5.32 Å². The molecule has 2 aromatic rings. The quantitative estimate of drug-likeness (QED) is 0.902. The molecule has 5 heteroatoms. The van der Waals surface area contributed by atoms with E-state index in [-0.39, 0.29) is 18.5 Å². The molecule has 3 nitrogen and oxygen atoms in total. The Morgan fingerprint density at radius 2 is 1.70 bits per heavy atom. The molecule has 0 bridgehead atoms. The van der Waals surface area contributed by atoms with Gasteiger partial charge in [0.05, 0.1) is 0 Å². The van der Waals surface area contributed by atoms with Gasteiger partial charge in [-0.25, -0.2) is 8.78 Å². The third-order valence-electron chi connectivity index (χ3n) is 2.85. The van der Waals surface area contributed by atoms with Crippen LogP contribution in [0.15, 0.2) is 36.4 Å². The second-order valence-electron chi connectivity index (χ2n) is 4.38. The SMILES string of the molecule is Cc1cc(C(=O)Nc2ccc(C)c(F)c2)ccc1F.O.[HH]. The van der Waals surface area contributed by atoms with Crippen molar-refractivity contribution in [3.63, 3.8) is 0 Å². The summed E-state index contributed by atoms with van der Waals surface area (Å²) in [6.07, 6.45) is 0. The van der Waals surface area contributed by atoms with Crippen molar-refractivity contribution >= 4 is 11.6 Å². The van der Waals surface area contributed by atoms with Crippen LogP contribution >= 0.6 is 0 Å². The van der Waals surface area contributed by atoms with Gasteiger partial charge in [0, 0.05) is 12.7 Å². The fraction of sp³-hybridized carbons (Fsp3) is 0.133. The van der Waals surface area contributed by atoms with E-state index in [9.17, 15) is 13.6 Å². The van der Waals surface area contributed by atoms with Crippen LogP contribution in [0.25, 0.3) is 0 Å². The van der Waals surface area contributed by atoms with Crippen molar-refractivity contribution in [1.29, 1.82) is 0 Å². The van der Waals surface area contributed by atoms with E-state index in [4.69, 9.17) is 0 Å². The second kappa shape index (κ2) is 6.25. The molecule has 0 saturated heterocycles. The smallest absolute Gasteiger partial charge is 0.255 e. The fourth-order valence-electron chi connectivity index (χ4n) is 1.66. The summed E-state index contributed by atoms with van der Waals surface area (Å²) in [6.45, 7) is 3.22. The zero-order chi connectivity index (χ0) is 14.0. The largest absolute Gasteiger partial charge is 0.412 e. The number of benzene rings is 2. The molecular weight excluding hydrogens is 264 g/mol. The van der Waals surface area contributed by atoms with Crippen LogP contribution in [-0.2, 0) is 0 Å². The van der Waals surface area contributed by atoms with Gasteiger partial charge in [-0.15, -0.1) is 0 Å². The predicted octanol–water partition coefficient (Wildman–Crippen LogP) is 3.26. The molecule has 0 aromatic heterocycles. The second-order valence-corrected chi connectivity index (χ2v) is 4.38. The van der Waals surface area contributed by atoms with Gasteiger partial charge in [-0.3, -0.25) is 4.79 Å². The molecule has 1 amide bonds. The number of halogens is 2. The Hall–Kier alpha value is -2.27. The molecule has 3 N–H and O–H groups in total. The van der Waals surface area contributed by atoms with E-state index >= 15 is 0 Å². The van der Waals surface area contributed by atoms with Crippen LogP contribution in [-0.4, -0.2) is 11.4 Å². The van der Waals surface area contributed by atoms with Crippen LogP contribution < -0.4 is 5.32 Å². The molecule has 0 aliphatic carbocycles. The summed E-state index contributed by atoms with van der Waals surface area (Å²) in [5, 5.41) is 2.57. The number of aryl methyl sites for hydroxylation is 2. The van der Waals surface area contributed by atoms with Crippen LogP contribution in [0.3, 0.4) is 0 Å². The summed E-state index contributed by atoms with van der Waals surface area (Å²) in [6, 6.07) is 8.54. The number of carbonyl (C=O) groups excluding carboxylic acids is 1. The molecule has 20 heavy (non-hydrogen) atoms. The number of hydrogen-bond acceptors (Lipinski definition) is 1. The number of amides is 1. The first-order valence-corrected chi connectivity index (χ1v) is 5.81. The average molecular weight is 281 g/mol. The van der Waals surface area contributed by atoms with Gasteiger partial charge in [0.15, 0.2) is 0 Å². The fourth-order valence-corrected chi connectivity index (χ4v) is 1.66. The summed E-state index contributed by atoms with van der Waals surface area (Å²) in [4.78, 5) is 11.9. The lowest BCUT2D eigenvalue weighted by molar-refractivity contribution is 0.102. The molecule has 0 unspecified atom stereocenters.